The molecule has 0 aliphatic rings. The Hall–Kier alpha value is -2.94. The van der Waals surface area contributed by atoms with Crippen molar-refractivity contribution in [3.05, 3.63) is 79.4 Å². The van der Waals surface area contributed by atoms with Gasteiger partial charge in [-0.2, -0.15) is 0 Å². The van der Waals surface area contributed by atoms with E-state index >= 15 is 0 Å². The van der Waals surface area contributed by atoms with E-state index in [0.29, 0.717) is 40.1 Å². The van der Waals surface area contributed by atoms with Gasteiger partial charge < -0.3 is 15.0 Å². The van der Waals surface area contributed by atoms with Crippen LogP contribution in [0.5, 0.6) is 0 Å². The average Bonchev–Trinajstić information content (AvgIpc) is 3.28. The highest BCUT2D eigenvalue weighted by molar-refractivity contribution is 7.18. The minimum atomic E-state index is -0.186. The molecule has 0 radical (unpaired) electrons. The van der Waals surface area contributed by atoms with Crippen LogP contribution in [-0.2, 0) is 22.6 Å². The predicted molar refractivity (Wildman–Crippen MR) is 141 cm³/mol. The summed E-state index contributed by atoms with van der Waals surface area (Å²) in [7, 11) is 1.59. The van der Waals surface area contributed by atoms with Crippen LogP contribution in [0.15, 0.2) is 53.5 Å². The summed E-state index contributed by atoms with van der Waals surface area (Å²) in [5.74, 6) is -0.309. The molecule has 2 aromatic heterocycles. The van der Waals surface area contributed by atoms with Gasteiger partial charge in [-0.05, 0) is 48.7 Å². The minimum absolute atomic E-state index is 0.00677. The number of hydrogen-bond acceptors (Lipinski definition) is 5. The van der Waals surface area contributed by atoms with Gasteiger partial charge in [-0.1, -0.05) is 31.5 Å². The standard InChI is InChI=1S/C26H30ClN3O4S/c1-5-19-7-6-12-29(26(19)33)22-9-8-21(13-20(22)16-34-4)30(18(3)31)15-17(2)14-28-25(32)23-10-11-24(27)35-23/h6-13,17H,5,14-16H2,1-4H3,(H,28,32). The Balaban J connectivity index is 1.81. The molecule has 0 aliphatic carbocycles. The van der Waals surface area contributed by atoms with Crippen molar-refractivity contribution < 1.29 is 14.3 Å². The molecule has 3 rings (SSSR count). The number of carbonyl (C=O) groups excluding carboxylic acids is 2. The highest BCUT2D eigenvalue weighted by Crippen LogP contribution is 2.24. The van der Waals surface area contributed by atoms with Crippen LogP contribution in [0.2, 0.25) is 4.34 Å². The summed E-state index contributed by atoms with van der Waals surface area (Å²) in [5.41, 5.74) is 2.87. The lowest BCUT2D eigenvalue weighted by Crippen LogP contribution is -2.38. The lowest BCUT2D eigenvalue weighted by molar-refractivity contribution is -0.116. The topological polar surface area (TPSA) is 80.6 Å². The summed E-state index contributed by atoms with van der Waals surface area (Å²) >= 11 is 7.14. The van der Waals surface area contributed by atoms with Crippen molar-refractivity contribution in [2.75, 3.05) is 25.1 Å². The second-order valence-corrected chi connectivity index (χ2v) is 10.1. The van der Waals surface area contributed by atoms with Crippen molar-refractivity contribution >= 4 is 40.4 Å². The third-order valence-corrected chi connectivity index (χ3v) is 6.85. The van der Waals surface area contributed by atoms with Gasteiger partial charge in [0.25, 0.3) is 11.5 Å². The number of halogens is 1. The smallest absolute Gasteiger partial charge is 0.261 e. The molecule has 0 aliphatic heterocycles. The predicted octanol–water partition coefficient (Wildman–Crippen LogP) is 4.68. The molecule has 35 heavy (non-hydrogen) atoms. The number of anilines is 1. The molecule has 7 nitrogen and oxygen atoms in total. The molecule has 2 heterocycles. The van der Waals surface area contributed by atoms with E-state index in [1.54, 1.807) is 34.9 Å². The summed E-state index contributed by atoms with van der Waals surface area (Å²) in [6.45, 7) is 6.53. The van der Waals surface area contributed by atoms with Gasteiger partial charge in [-0.15, -0.1) is 11.3 Å². The van der Waals surface area contributed by atoms with Gasteiger partial charge in [0.15, 0.2) is 0 Å². The van der Waals surface area contributed by atoms with Gasteiger partial charge in [0.1, 0.15) is 0 Å². The molecule has 0 saturated heterocycles. The fourth-order valence-electron chi connectivity index (χ4n) is 3.83. The van der Waals surface area contributed by atoms with Gasteiger partial charge in [0, 0.05) is 50.1 Å². The Kier molecular flexibility index (Phi) is 9.26. The second kappa shape index (κ2) is 12.2. The van der Waals surface area contributed by atoms with E-state index in [4.69, 9.17) is 16.3 Å². The first-order valence-corrected chi connectivity index (χ1v) is 12.6. The van der Waals surface area contributed by atoms with Crippen LogP contribution in [0.1, 0.15) is 41.6 Å². The van der Waals surface area contributed by atoms with E-state index in [-0.39, 0.29) is 29.9 Å². The number of hydrogen-bond donors (Lipinski definition) is 1. The first-order chi connectivity index (χ1) is 16.7. The van der Waals surface area contributed by atoms with Crippen molar-refractivity contribution in [2.45, 2.75) is 33.8 Å². The molecule has 3 aromatic rings. The highest BCUT2D eigenvalue weighted by atomic mass is 35.5. The summed E-state index contributed by atoms with van der Waals surface area (Å²) in [5, 5.41) is 2.90. The van der Waals surface area contributed by atoms with Gasteiger partial charge >= 0.3 is 0 Å². The SMILES string of the molecule is CCc1cccn(-c2ccc(N(CC(C)CNC(=O)c3ccc(Cl)s3)C(C)=O)cc2COC)c1=O. The second-order valence-electron chi connectivity index (χ2n) is 8.36. The number of amides is 2. The first-order valence-electron chi connectivity index (χ1n) is 11.4. The van der Waals surface area contributed by atoms with Gasteiger partial charge in [-0.25, -0.2) is 0 Å². The maximum Gasteiger partial charge on any atom is 0.261 e. The quantitative estimate of drug-likeness (QED) is 0.425. The summed E-state index contributed by atoms with van der Waals surface area (Å²) < 4.78 is 7.57. The molecular formula is C26H30ClN3O4S. The van der Waals surface area contributed by atoms with Crippen LogP contribution in [0.3, 0.4) is 0 Å². The number of ether oxygens (including phenoxy) is 1. The van der Waals surface area contributed by atoms with Crippen molar-refractivity contribution in [2.24, 2.45) is 5.92 Å². The molecule has 0 spiro atoms. The number of aryl methyl sites for hydroxylation is 1. The molecule has 2 amide bonds. The first kappa shape index (κ1) is 26.7. The molecule has 0 saturated carbocycles. The number of nitrogens with one attached hydrogen (secondary N) is 1. The zero-order valence-electron chi connectivity index (χ0n) is 20.3. The molecule has 0 bridgehead atoms. The molecule has 1 aromatic carbocycles. The Morgan fingerprint density at radius 3 is 2.60 bits per heavy atom. The molecule has 1 atom stereocenters. The molecular weight excluding hydrogens is 486 g/mol. The van der Waals surface area contributed by atoms with Gasteiger partial charge in [-0.3, -0.25) is 19.0 Å². The maximum atomic E-state index is 12.9. The molecule has 9 heteroatoms. The molecule has 0 fully saturated rings. The van der Waals surface area contributed by atoms with E-state index in [1.165, 1.54) is 18.3 Å². The Labute approximate surface area is 214 Å². The van der Waals surface area contributed by atoms with Crippen LogP contribution >= 0.6 is 22.9 Å². The fourth-order valence-corrected chi connectivity index (χ4v) is 4.79. The molecule has 186 valence electrons. The van der Waals surface area contributed by atoms with Crippen molar-refractivity contribution in [1.82, 2.24) is 9.88 Å². The zero-order valence-corrected chi connectivity index (χ0v) is 21.9. The number of carbonyl (C=O) groups is 2. The molecule has 1 N–H and O–H groups in total. The van der Waals surface area contributed by atoms with E-state index in [9.17, 15) is 14.4 Å². The minimum Gasteiger partial charge on any atom is -0.380 e. The van der Waals surface area contributed by atoms with Crippen molar-refractivity contribution in [1.29, 1.82) is 0 Å². The van der Waals surface area contributed by atoms with E-state index in [2.05, 4.69) is 5.32 Å². The zero-order chi connectivity index (χ0) is 25.5. The number of rotatable bonds is 10. The number of benzene rings is 1. The lowest BCUT2D eigenvalue weighted by atomic mass is 10.1. The van der Waals surface area contributed by atoms with E-state index < -0.39 is 0 Å². The van der Waals surface area contributed by atoms with Crippen molar-refractivity contribution in [3.63, 3.8) is 0 Å². The number of nitrogens with zero attached hydrogens (tertiary/aromatic N) is 2. The number of aromatic nitrogens is 1. The maximum absolute atomic E-state index is 12.9. The summed E-state index contributed by atoms with van der Waals surface area (Å²) in [4.78, 5) is 40.0. The Bertz CT molecular complexity index is 1250. The number of methoxy groups -OCH3 is 1. The normalized spacial score (nSPS) is 11.8. The summed E-state index contributed by atoms with van der Waals surface area (Å²) in [6, 6.07) is 12.6. The highest BCUT2D eigenvalue weighted by Gasteiger charge is 2.19. The Morgan fingerprint density at radius 2 is 1.97 bits per heavy atom. The third kappa shape index (κ3) is 6.60. The van der Waals surface area contributed by atoms with Crippen LogP contribution in [-0.4, -0.2) is 36.6 Å². The van der Waals surface area contributed by atoms with Gasteiger partial charge in [0.05, 0.1) is 21.5 Å². The van der Waals surface area contributed by atoms with Crippen molar-refractivity contribution in [3.8, 4) is 5.69 Å². The lowest BCUT2D eigenvalue weighted by Gasteiger charge is -2.26. The number of thiophene rings is 1. The molecule has 1 unspecified atom stereocenters. The average molecular weight is 516 g/mol. The van der Waals surface area contributed by atoms with Crippen LogP contribution in [0.4, 0.5) is 5.69 Å². The van der Waals surface area contributed by atoms with Gasteiger partial charge in [0.2, 0.25) is 5.91 Å². The monoisotopic (exact) mass is 515 g/mol. The Morgan fingerprint density at radius 1 is 1.20 bits per heavy atom. The van der Waals surface area contributed by atoms with E-state index in [1.807, 2.05) is 44.2 Å². The van der Waals surface area contributed by atoms with Crippen LogP contribution in [0, 0.1) is 5.92 Å². The third-order valence-electron chi connectivity index (χ3n) is 5.62. The van der Waals surface area contributed by atoms with Crippen LogP contribution < -0.4 is 15.8 Å². The fraction of sp³-hybridized carbons (Fsp3) is 0.346. The van der Waals surface area contributed by atoms with E-state index in [0.717, 1.165) is 11.1 Å². The largest absolute Gasteiger partial charge is 0.380 e. The van der Waals surface area contributed by atoms with Crippen LogP contribution in [0.25, 0.3) is 5.69 Å². The number of pyridine rings is 1. The summed E-state index contributed by atoms with van der Waals surface area (Å²) in [6.07, 6.45) is 2.38.